The van der Waals surface area contributed by atoms with Crippen LogP contribution in [0.15, 0.2) is 0 Å². The Morgan fingerprint density at radius 3 is 2.43 bits per heavy atom. The van der Waals surface area contributed by atoms with Crippen molar-refractivity contribution in [2.75, 3.05) is 13.1 Å². The zero-order chi connectivity index (χ0) is 10.8. The van der Waals surface area contributed by atoms with Crippen LogP contribution in [-0.2, 0) is 4.79 Å². The van der Waals surface area contributed by atoms with Crippen LogP contribution in [0.4, 0.5) is 0 Å². The highest BCUT2D eigenvalue weighted by Gasteiger charge is 2.30. The Morgan fingerprint density at radius 2 is 2.00 bits per heavy atom. The Hall–Kier alpha value is -0.610. The van der Waals surface area contributed by atoms with Gasteiger partial charge in [-0.05, 0) is 46.2 Å². The third-order valence-corrected chi connectivity index (χ3v) is 3.05. The molecule has 2 atom stereocenters. The van der Waals surface area contributed by atoms with Gasteiger partial charge in [-0.2, -0.15) is 0 Å². The first kappa shape index (κ1) is 11.5. The molecule has 0 aromatic heterocycles. The van der Waals surface area contributed by atoms with E-state index in [2.05, 4.69) is 11.8 Å². The van der Waals surface area contributed by atoms with Crippen LogP contribution in [0.25, 0.3) is 0 Å². The zero-order valence-corrected chi connectivity index (χ0v) is 9.12. The van der Waals surface area contributed by atoms with Crippen molar-refractivity contribution in [1.29, 1.82) is 0 Å². The van der Waals surface area contributed by atoms with Gasteiger partial charge in [0, 0.05) is 6.04 Å². The molecule has 1 saturated heterocycles. The van der Waals surface area contributed by atoms with Crippen molar-refractivity contribution in [2.45, 2.75) is 44.7 Å². The molecule has 2 unspecified atom stereocenters. The lowest BCUT2D eigenvalue weighted by Crippen LogP contribution is -2.53. The molecule has 0 saturated carbocycles. The van der Waals surface area contributed by atoms with E-state index in [1.807, 2.05) is 0 Å². The summed E-state index contributed by atoms with van der Waals surface area (Å²) in [6.07, 6.45) is 3.15. The van der Waals surface area contributed by atoms with Crippen LogP contribution < -0.4 is 11.5 Å². The van der Waals surface area contributed by atoms with Crippen molar-refractivity contribution < 1.29 is 4.79 Å². The summed E-state index contributed by atoms with van der Waals surface area (Å²) in [5.74, 6) is -0.413. The number of likely N-dealkylation sites (tertiary alicyclic amines) is 1. The summed E-state index contributed by atoms with van der Waals surface area (Å²) < 4.78 is 0. The van der Waals surface area contributed by atoms with Crippen LogP contribution in [0, 0.1) is 0 Å². The quantitative estimate of drug-likeness (QED) is 0.672. The molecule has 1 heterocycles. The van der Waals surface area contributed by atoms with Crippen LogP contribution in [-0.4, -0.2) is 35.5 Å². The van der Waals surface area contributed by atoms with Crippen LogP contribution in [0.2, 0.25) is 0 Å². The molecule has 4 heteroatoms. The van der Waals surface area contributed by atoms with Crippen molar-refractivity contribution in [3.8, 4) is 0 Å². The summed E-state index contributed by atoms with van der Waals surface area (Å²) in [5, 5.41) is 0. The van der Waals surface area contributed by atoms with Gasteiger partial charge in [0.1, 0.15) is 0 Å². The highest BCUT2D eigenvalue weighted by atomic mass is 16.1. The van der Waals surface area contributed by atoms with Gasteiger partial charge in [-0.1, -0.05) is 0 Å². The molecule has 1 rings (SSSR count). The Labute approximate surface area is 85.6 Å². The van der Waals surface area contributed by atoms with Crippen LogP contribution >= 0.6 is 0 Å². The van der Waals surface area contributed by atoms with E-state index in [1.54, 1.807) is 6.92 Å². The molecule has 4 N–H and O–H groups in total. The topological polar surface area (TPSA) is 72.3 Å². The van der Waals surface area contributed by atoms with Gasteiger partial charge in [-0.25, -0.2) is 0 Å². The Morgan fingerprint density at radius 1 is 1.50 bits per heavy atom. The molecule has 1 amide bonds. The molecule has 0 aromatic carbocycles. The molecular formula is C10H21N3O. The highest BCUT2D eigenvalue weighted by Crippen LogP contribution is 2.18. The molecule has 0 aromatic rings. The number of carbonyl (C=O) groups is 1. The maximum Gasteiger partial charge on any atom is 0.237 e. The summed E-state index contributed by atoms with van der Waals surface area (Å²) >= 11 is 0. The largest absolute Gasteiger partial charge is 0.368 e. The van der Waals surface area contributed by atoms with Gasteiger partial charge < -0.3 is 16.4 Å². The van der Waals surface area contributed by atoms with E-state index in [1.165, 1.54) is 12.8 Å². The molecule has 14 heavy (non-hydrogen) atoms. The fraction of sp³-hybridized carbons (Fsp3) is 0.900. The summed E-state index contributed by atoms with van der Waals surface area (Å²) in [6, 6.07) is 0.347. The maximum atomic E-state index is 11.1. The van der Waals surface area contributed by atoms with Gasteiger partial charge in [0.15, 0.2) is 0 Å². The fourth-order valence-electron chi connectivity index (χ4n) is 2.03. The molecule has 1 aliphatic heterocycles. The maximum absolute atomic E-state index is 11.1. The van der Waals surface area contributed by atoms with E-state index in [0.717, 1.165) is 13.1 Å². The second-order valence-corrected chi connectivity index (χ2v) is 4.58. The van der Waals surface area contributed by atoms with Gasteiger partial charge in [0.25, 0.3) is 0 Å². The lowest BCUT2D eigenvalue weighted by Gasteiger charge is -2.30. The molecule has 0 aliphatic carbocycles. The van der Waals surface area contributed by atoms with Gasteiger partial charge in [0.05, 0.1) is 5.54 Å². The molecule has 0 bridgehead atoms. The van der Waals surface area contributed by atoms with E-state index >= 15 is 0 Å². The van der Waals surface area contributed by atoms with Crippen LogP contribution in [0.3, 0.4) is 0 Å². The number of primary amides is 1. The van der Waals surface area contributed by atoms with Gasteiger partial charge in [-0.3, -0.25) is 4.79 Å². The van der Waals surface area contributed by atoms with Crippen molar-refractivity contribution in [3.63, 3.8) is 0 Å². The van der Waals surface area contributed by atoms with Crippen molar-refractivity contribution in [1.82, 2.24) is 4.90 Å². The molecule has 0 spiro atoms. The Kier molecular flexibility index (Phi) is 3.50. The number of nitrogens with zero attached hydrogens (tertiary/aromatic N) is 1. The molecule has 1 fully saturated rings. The second-order valence-electron chi connectivity index (χ2n) is 4.58. The molecule has 82 valence electrons. The van der Waals surface area contributed by atoms with E-state index in [9.17, 15) is 4.79 Å². The lowest BCUT2D eigenvalue weighted by atomic mass is 9.93. The standard InChI is InChI=1S/C10H21N3O/c1-8(13-5-3-4-6-13)7-10(2,12)9(11)14/h8H,3-7,12H2,1-2H3,(H2,11,14). The third kappa shape index (κ3) is 2.69. The van der Waals surface area contributed by atoms with Crippen molar-refractivity contribution in [3.05, 3.63) is 0 Å². The normalized spacial score (nSPS) is 24.5. The number of carbonyl (C=O) groups excluding carboxylic acids is 1. The summed E-state index contributed by atoms with van der Waals surface area (Å²) in [4.78, 5) is 13.4. The smallest absolute Gasteiger partial charge is 0.237 e. The average Bonchev–Trinajstić information content (AvgIpc) is 2.54. The van der Waals surface area contributed by atoms with Crippen molar-refractivity contribution in [2.24, 2.45) is 11.5 Å². The minimum Gasteiger partial charge on any atom is -0.368 e. The molecule has 4 nitrogen and oxygen atoms in total. The lowest BCUT2D eigenvalue weighted by molar-refractivity contribution is -0.123. The average molecular weight is 199 g/mol. The van der Waals surface area contributed by atoms with Crippen molar-refractivity contribution >= 4 is 5.91 Å². The Balaban J connectivity index is 2.46. The second kappa shape index (κ2) is 4.28. The highest BCUT2D eigenvalue weighted by molar-refractivity contribution is 5.83. The van der Waals surface area contributed by atoms with Gasteiger partial charge >= 0.3 is 0 Å². The number of hydrogen-bond donors (Lipinski definition) is 2. The van der Waals surface area contributed by atoms with E-state index in [-0.39, 0.29) is 0 Å². The zero-order valence-electron chi connectivity index (χ0n) is 9.12. The Bertz CT molecular complexity index is 209. The van der Waals surface area contributed by atoms with Crippen LogP contribution in [0.1, 0.15) is 33.1 Å². The number of amides is 1. The monoisotopic (exact) mass is 199 g/mol. The summed E-state index contributed by atoms with van der Waals surface area (Å²) in [5.41, 5.74) is 10.2. The van der Waals surface area contributed by atoms with Crippen LogP contribution in [0.5, 0.6) is 0 Å². The predicted octanol–water partition coefficient (Wildman–Crippen LogP) is 0.0635. The molecular weight excluding hydrogens is 178 g/mol. The number of hydrogen-bond acceptors (Lipinski definition) is 3. The minimum atomic E-state index is -0.873. The molecule has 0 radical (unpaired) electrons. The van der Waals surface area contributed by atoms with E-state index in [0.29, 0.717) is 12.5 Å². The third-order valence-electron chi connectivity index (χ3n) is 3.05. The fourth-order valence-corrected chi connectivity index (χ4v) is 2.03. The number of rotatable bonds is 4. The summed E-state index contributed by atoms with van der Waals surface area (Å²) in [7, 11) is 0. The van der Waals surface area contributed by atoms with E-state index in [4.69, 9.17) is 11.5 Å². The van der Waals surface area contributed by atoms with Gasteiger partial charge in [0.2, 0.25) is 5.91 Å². The van der Waals surface area contributed by atoms with Gasteiger partial charge in [-0.15, -0.1) is 0 Å². The first-order chi connectivity index (χ1) is 6.43. The summed E-state index contributed by atoms with van der Waals surface area (Å²) in [6.45, 7) is 6.06. The number of nitrogens with two attached hydrogens (primary N) is 2. The molecule has 1 aliphatic rings. The first-order valence-corrected chi connectivity index (χ1v) is 5.26. The predicted molar refractivity (Wildman–Crippen MR) is 56.7 cm³/mol. The SMILES string of the molecule is CC(CC(C)(N)C(N)=O)N1CCCC1. The van der Waals surface area contributed by atoms with E-state index < -0.39 is 11.4 Å². The minimum absolute atomic E-state index is 0.347. The first-order valence-electron chi connectivity index (χ1n) is 5.26.